The summed E-state index contributed by atoms with van der Waals surface area (Å²) in [4.78, 5) is 16.7. The predicted molar refractivity (Wildman–Crippen MR) is 125 cm³/mol. The lowest BCUT2D eigenvalue weighted by Gasteiger charge is -2.41. The predicted octanol–water partition coefficient (Wildman–Crippen LogP) is 6.88. The number of halogens is 3. The van der Waals surface area contributed by atoms with Crippen LogP contribution in [0.3, 0.4) is 0 Å². The van der Waals surface area contributed by atoms with Crippen molar-refractivity contribution < 1.29 is 18.0 Å². The van der Waals surface area contributed by atoms with E-state index in [0.29, 0.717) is 36.4 Å². The zero-order valence-corrected chi connectivity index (χ0v) is 19.1. The molecule has 3 heterocycles. The molecular weight excluding hydrogens is 459 g/mol. The highest BCUT2D eigenvalue weighted by Crippen LogP contribution is 2.51. The molecule has 8 heteroatoms. The molecule has 2 aromatic heterocycles. The van der Waals surface area contributed by atoms with E-state index in [0.717, 1.165) is 15.8 Å². The minimum Gasteiger partial charge on any atom is -0.309 e. The molecule has 34 heavy (non-hydrogen) atoms. The summed E-state index contributed by atoms with van der Waals surface area (Å²) in [5.41, 5.74) is 0.315. The summed E-state index contributed by atoms with van der Waals surface area (Å²) >= 11 is 1.50. The molecule has 4 nitrogen and oxygen atoms in total. The summed E-state index contributed by atoms with van der Waals surface area (Å²) in [6.07, 6.45) is 0.112. The van der Waals surface area contributed by atoms with Gasteiger partial charge in [0.1, 0.15) is 5.82 Å². The van der Waals surface area contributed by atoms with Crippen molar-refractivity contribution in [3.63, 3.8) is 0 Å². The van der Waals surface area contributed by atoms with Crippen molar-refractivity contribution in [2.75, 3.05) is 4.90 Å². The number of allylic oxidation sites excluding steroid dienone is 3. The molecule has 0 fully saturated rings. The minimum atomic E-state index is -4.60. The Morgan fingerprint density at radius 1 is 1.06 bits per heavy atom. The third kappa shape index (κ3) is 3.57. The molecule has 0 unspecified atom stereocenters. The molecule has 1 aliphatic heterocycles. The van der Waals surface area contributed by atoms with Gasteiger partial charge in [0, 0.05) is 39.8 Å². The van der Waals surface area contributed by atoms with E-state index in [1.54, 1.807) is 35.2 Å². The van der Waals surface area contributed by atoms with Crippen LogP contribution in [0.25, 0.3) is 5.82 Å². The number of hydrogen-bond acceptors (Lipinski definition) is 4. The Bertz CT molecular complexity index is 1370. The highest BCUT2D eigenvalue weighted by molar-refractivity contribution is 7.12. The molecule has 1 atom stereocenters. The standard InChI is InChI=1S/C26H20F3N3OS/c1-16-11-12-22(34-16)23-17(15-30)25(31-13-4-5-14-31)32(20-9-6-10-21(33)24(20)23)19-8-3-2-7-18(19)26(27,28)29/h2-5,7-8,11-14,23H,6,9-10H2,1H3/t23-/m1/s1. The number of rotatable bonds is 3. The molecule has 1 aromatic carbocycles. The number of carbonyl (C=O) groups is 1. The molecule has 0 spiro atoms. The van der Waals surface area contributed by atoms with Gasteiger partial charge in [-0.1, -0.05) is 12.1 Å². The molecule has 5 rings (SSSR count). The van der Waals surface area contributed by atoms with Gasteiger partial charge < -0.3 is 4.57 Å². The first-order chi connectivity index (χ1) is 16.3. The largest absolute Gasteiger partial charge is 0.418 e. The van der Waals surface area contributed by atoms with Gasteiger partial charge in [-0.15, -0.1) is 11.3 Å². The van der Waals surface area contributed by atoms with E-state index in [-0.39, 0.29) is 17.0 Å². The van der Waals surface area contributed by atoms with E-state index in [1.807, 2.05) is 19.1 Å². The second-order valence-corrected chi connectivity index (χ2v) is 9.63. The van der Waals surface area contributed by atoms with Crippen molar-refractivity contribution in [2.45, 2.75) is 38.3 Å². The number of hydrogen-bond donors (Lipinski definition) is 0. The van der Waals surface area contributed by atoms with Crippen molar-refractivity contribution in [3.8, 4) is 6.07 Å². The number of anilines is 1. The molecule has 2 aliphatic rings. The second-order valence-electron chi connectivity index (χ2n) is 8.31. The first-order valence-corrected chi connectivity index (χ1v) is 11.7. The Morgan fingerprint density at radius 3 is 2.44 bits per heavy atom. The lowest BCUT2D eigenvalue weighted by Crippen LogP contribution is -2.37. The number of nitriles is 1. The Hall–Kier alpha value is -3.57. The maximum atomic E-state index is 14.1. The first-order valence-electron chi connectivity index (χ1n) is 10.9. The van der Waals surface area contributed by atoms with Crippen molar-refractivity contribution in [2.24, 2.45) is 0 Å². The molecule has 0 bridgehead atoms. The lowest BCUT2D eigenvalue weighted by atomic mass is 9.78. The van der Waals surface area contributed by atoms with Gasteiger partial charge in [0.05, 0.1) is 28.8 Å². The fourth-order valence-corrected chi connectivity index (χ4v) is 5.83. The second kappa shape index (κ2) is 8.33. The number of nitrogens with zero attached hydrogens (tertiary/aromatic N) is 3. The summed E-state index contributed by atoms with van der Waals surface area (Å²) in [5.74, 6) is -0.405. The van der Waals surface area contributed by atoms with Crippen LogP contribution in [0.1, 0.15) is 40.5 Å². The fourth-order valence-electron chi connectivity index (χ4n) is 4.83. The van der Waals surface area contributed by atoms with Crippen LogP contribution in [0.2, 0.25) is 0 Å². The molecule has 172 valence electrons. The molecule has 0 N–H and O–H groups in total. The van der Waals surface area contributed by atoms with Crippen LogP contribution in [0, 0.1) is 18.3 Å². The van der Waals surface area contributed by atoms with Crippen molar-refractivity contribution in [3.05, 3.63) is 93.1 Å². The molecule has 0 saturated heterocycles. The number of aromatic nitrogens is 1. The number of ketones is 1. The number of Topliss-reactive ketones (excluding diaryl/α,β-unsaturated/α-hetero) is 1. The van der Waals surface area contributed by atoms with Gasteiger partial charge in [-0.2, -0.15) is 18.4 Å². The van der Waals surface area contributed by atoms with Crippen molar-refractivity contribution in [1.29, 1.82) is 5.26 Å². The number of thiophene rings is 1. The number of para-hydroxylation sites is 1. The van der Waals surface area contributed by atoms with Crippen LogP contribution < -0.4 is 4.90 Å². The van der Waals surface area contributed by atoms with E-state index < -0.39 is 17.7 Å². The van der Waals surface area contributed by atoms with Crippen LogP contribution in [0.15, 0.2) is 77.8 Å². The smallest absolute Gasteiger partial charge is 0.309 e. The number of benzene rings is 1. The molecule has 1 aliphatic carbocycles. The number of carbonyl (C=O) groups excluding carboxylic acids is 1. The maximum Gasteiger partial charge on any atom is 0.418 e. The molecule has 0 saturated carbocycles. The number of aryl methyl sites for hydroxylation is 1. The zero-order chi connectivity index (χ0) is 24.0. The van der Waals surface area contributed by atoms with E-state index in [4.69, 9.17) is 0 Å². The van der Waals surface area contributed by atoms with Gasteiger partial charge in [0.15, 0.2) is 5.78 Å². The van der Waals surface area contributed by atoms with Crippen molar-refractivity contribution >= 4 is 28.6 Å². The van der Waals surface area contributed by atoms with Gasteiger partial charge >= 0.3 is 6.18 Å². The van der Waals surface area contributed by atoms with Gasteiger partial charge in [-0.3, -0.25) is 9.69 Å². The Kier molecular flexibility index (Phi) is 5.45. The van der Waals surface area contributed by atoms with Gasteiger partial charge in [-0.05, 0) is 56.2 Å². The first kappa shape index (κ1) is 22.2. The third-order valence-corrected chi connectivity index (χ3v) is 7.26. The average Bonchev–Trinajstić information content (AvgIpc) is 3.49. The Morgan fingerprint density at radius 2 is 1.79 bits per heavy atom. The van der Waals surface area contributed by atoms with Crippen LogP contribution in [-0.2, 0) is 11.0 Å². The third-order valence-electron chi connectivity index (χ3n) is 6.19. The summed E-state index contributed by atoms with van der Waals surface area (Å²) in [6, 6.07) is 15.0. The van der Waals surface area contributed by atoms with E-state index >= 15 is 0 Å². The topological polar surface area (TPSA) is 49.0 Å². The maximum absolute atomic E-state index is 14.1. The van der Waals surface area contributed by atoms with Gasteiger partial charge in [0.2, 0.25) is 0 Å². The molecular formula is C26H20F3N3OS. The van der Waals surface area contributed by atoms with E-state index in [2.05, 4.69) is 6.07 Å². The SMILES string of the molecule is Cc1ccc([C@H]2C(C#N)=C(n3cccc3)N(c3ccccc3C(F)(F)F)C3=C2C(=O)CCC3)s1. The fraction of sp³-hybridized carbons (Fsp3) is 0.231. The summed E-state index contributed by atoms with van der Waals surface area (Å²) in [7, 11) is 0. The van der Waals surface area contributed by atoms with E-state index in [1.165, 1.54) is 28.4 Å². The highest BCUT2D eigenvalue weighted by Gasteiger charge is 2.44. The van der Waals surface area contributed by atoms with Gasteiger partial charge in [0.25, 0.3) is 0 Å². The van der Waals surface area contributed by atoms with Crippen LogP contribution in [-0.4, -0.2) is 10.4 Å². The van der Waals surface area contributed by atoms with Crippen molar-refractivity contribution in [1.82, 2.24) is 4.57 Å². The van der Waals surface area contributed by atoms with Crippen LogP contribution in [0.4, 0.5) is 18.9 Å². The zero-order valence-electron chi connectivity index (χ0n) is 18.3. The van der Waals surface area contributed by atoms with Crippen LogP contribution >= 0.6 is 11.3 Å². The van der Waals surface area contributed by atoms with Crippen LogP contribution in [0.5, 0.6) is 0 Å². The summed E-state index contributed by atoms with van der Waals surface area (Å²) in [6.45, 7) is 1.95. The summed E-state index contributed by atoms with van der Waals surface area (Å²) in [5, 5.41) is 10.4. The molecule has 3 aromatic rings. The normalized spacial score (nSPS) is 18.9. The monoisotopic (exact) mass is 479 g/mol. The molecule has 0 radical (unpaired) electrons. The highest BCUT2D eigenvalue weighted by atomic mass is 32.1. The number of alkyl halides is 3. The van der Waals surface area contributed by atoms with Gasteiger partial charge in [-0.25, -0.2) is 0 Å². The molecule has 0 amide bonds. The quantitative estimate of drug-likeness (QED) is 0.411. The Balaban J connectivity index is 1.88. The minimum absolute atomic E-state index is 0.0885. The Labute approximate surface area is 198 Å². The average molecular weight is 480 g/mol. The lowest BCUT2D eigenvalue weighted by molar-refractivity contribution is -0.137. The summed E-state index contributed by atoms with van der Waals surface area (Å²) < 4.78 is 44.0. The van der Waals surface area contributed by atoms with E-state index in [9.17, 15) is 23.2 Å².